The van der Waals surface area contributed by atoms with Crippen LogP contribution in [0.15, 0.2) is 24.3 Å². The first-order valence-electron chi connectivity index (χ1n) is 7.40. The number of methoxy groups -OCH3 is 1. The van der Waals surface area contributed by atoms with Gasteiger partial charge in [-0.05, 0) is 30.5 Å². The molecule has 6 nitrogen and oxygen atoms in total. The van der Waals surface area contributed by atoms with E-state index in [1.165, 1.54) is 4.31 Å². The highest BCUT2D eigenvalue weighted by Crippen LogP contribution is 2.34. The van der Waals surface area contributed by atoms with Crippen LogP contribution in [0, 0.1) is 5.92 Å². The van der Waals surface area contributed by atoms with Crippen LogP contribution in [0.3, 0.4) is 0 Å². The average Bonchev–Trinajstić information content (AvgIpc) is 3.28. The van der Waals surface area contributed by atoms with Crippen molar-refractivity contribution >= 4 is 15.9 Å². The van der Waals surface area contributed by atoms with E-state index in [4.69, 9.17) is 4.74 Å². The van der Waals surface area contributed by atoms with Gasteiger partial charge in [-0.2, -0.15) is 4.31 Å². The third-order valence-corrected chi connectivity index (χ3v) is 6.46. The highest BCUT2D eigenvalue weighted by molar-refractivity contribution is 7.90. The summed E-state index contributed by atoms with van der Waals surface area (Å²) < 4.78 is 30.5. The molecule has 1 heterocycles. The van der Waals surface area contributed by atoms with Crippen molar-refractivity contribution < 1.29 is 17.9 Å². The van der Waals surface area contributed by atoms with Gasteiger partial charge in [0.1, 0.15) is 5.75 Å². The van der Waals surface area contributed by atoms with Gasteiger partial charge in [-0.25, -0.2) is 8.42 Å². The Hall–Kier alpha value is -1.60. The molecule has 0 atom stereocenters. The van der Waals surface area contributed by atoms with Crippen molar-refractivity contribution in [1.82, 2.24) is 9.62 Å². The molecule has 1 aliphatic carbocycles. The quantitative estimate of drug-likeness (QED) is 0.837. The van der Waals surface area contributed by atoms with Crippen LogP contribution in [0.2, 0.25) is 0 Å². The monoisotopic (exact) mass is 324 g/mol. The van der Waals surface area contributed by atoms with Crippen molar-refractivity contribution in [2.45, 2.75) is 24.6 Å². The molecule has 1 aromatic rings. The molecule has 0 aromatic heterocycles. The van der Waals surface area contributed by atoms with Crippen LogP contribution in [0.4, 0.5) is 0 Å². The minimum absolute atomic E-state index is 0.0925. The van der Waals surface area contributed by atoms with Crippen LogP contribution in [0.5, 0.6) is 5.75 Å². The number of ether oxygens (including phenoxy) is 1. The van der Waals surface area contributed by atoms with Gasteiger partial charge in [0.05, 0.1) is 18.3 Å². The van der Waals surface area contributed by atoms with Gasteiger partial charge < -0.3 is 10.1 Å². The van der Waals surface area contributed by atoms with Crippen LogP contribution in [0.1, 0.15) is 18.4 Å². The molecule has 1 saturated carbocycles. The first-order chi connectivity index (χ1) is 10.5. The number of nitrogens with zero attached hydrogens (tertiary/aromatic N) is 1. The molecule has 7 heteroatoms. The van der Waals surface area contributed by atoms with E-state index in [1.807, 2.05) is 24.3 Å². The summed E-state index contributed by atoms with van der Waals surface area (Å²) in [4.78, 5) is 12.0. The Balaban J connectivity index is 1.47. The molecule has 0 bridgehead atoms. The summed E-state index contributed by atoms with van der Waals surface area (Å²) in [6.45, 7) is 1.04. The second-order valence-corrected chi connectivity index (χ2v) is 8.04. The van der Waals surface area contributed by atoms with Crippen molar-refractivity contribution in [3.8, 4) is 5.75 Å². The molecule has 2 fully saturated rings. The molecule has 0 unspecified atom stereocenters. The van der Waals surface area contributed by atoms with Gasteiger partial charge in [0.25, 0.3) is 0 Å². The van der Waals surface area contributed by atoms with Gasteiger partial charge in [-0.3, -0.25) is 4.79 Å². The summed E-state index contributed by atoms with van der Waals surface area (Å²) >= 11 is 0. The molecule has 1 aliphatic heterocycles. The van der Waals surface area contributed by atoms with Gasteiger partial charge >= 0.3 is 0 Å². The molecule has 1 N–H and O–H groups in total. The predicted octanol–water partition coefficient (Wildman–Crippen LogP) is 0.735. The zero-order valence-corrected chi connectivity index (χ0v) is 13.3. The highest BCUT2D eigenvalue weighted by Gasteiger charge is 2.46. The predicted molar refractivity (Wildman–Crippen MR) is 81.8 cm³/mol. The average molecular weight is 324 g/mol. The van der Waals surface area contributed by atoms with Crippen LogP contribution < -0.4 is 10.1 Å². The minimum Gasteiger partial charge on any atom is -0.497 e. The SMILES string of the molecule is COc1cccc(CNC(=O)C2CN(S(=O)(=O)C3CC3)C2)c1. The van der Waals surface area contributed by atoms with Crippen molar-refractivity contribution in [1.29, 1.82) is 0 Å². The van der Waals surface area contributed by atoms with Gasteiger partial charge in [0.15, 0.2) is 0 Å². The van der Waals surface area contributed by atoms with E-state index < -0.39 is 10.0 Å². The molecular formula is C15H20N2O4S. The number of rotatable bonds is 6. The number of carbonyl (C=O) groups excluding carboxylic acids is 1. The zero-order chi connectivity index (χ0) is 15.7. The zero-order valence-electron chi connectivity index (χ0n) is 12.5. The van der Waals surface area contributed by atoms with Crippen LogP contribution in [-0.2, 0) is 21.4 Å². The number of nitrogens with one attached hydrogen (secondary N) is 1. The highest BCUT2D eigenvalue weighted by atomic mass is 32.2. The Morgan fingerprint density at radius 2 is 2.09 bits per heavy atom. The maximum Gasteiger partial charge on any atom is 0.226 e. The summed E-state index contributed by atoms with van der Waals surface area (Å²) in [7, 11) is -1.54. The number of benzene rings is 1. The van der Waals surface area contributed by atoms with Gasteiger partial charge in [0.2, 0.25) is 15.9 Å². The van der Waals surface area contributed by atoms with Gasteiger partial charge in [-0.1, -0.05) is 12.1 Å². The maximum atomic E-state index is 12.0. The fourth-order valence-corrected chi connectivity index (χ4v) is 4.43. The number of amides is 1. The molecule has 2 aliphatic rings. The molecule has 1 amide bonds. The van der Waals surface area contributed by atoms with Crippen LogP contribution >= 0.6 is 0 Å². The normalized spacial score (nSPS) is 19.5. The Morgan fingerprint density at radius 3 is 2.73 bits per heavy atom. The maximum absolute atomic E-state index is 12.0. The smallest absolute Gasteiger partial charge is 0.226 e. The van der Waals surface area contributed by atoms with Crippen molar-refractivity contribution in [2.24, 2.45) is 5.92 Å². The van der Waals surface area contributed by atoms with E-state index in [0.29, 0.717) is 19.6 Å². The standard InChI is InChI=1S/C15H20N2O4S/c1-21-13-4-2-3-11(7-13)8-16-15(18)12-9-17(10-12)22(19,20)14-5-6-14/h2-4,7,12,14H,5-6,8-10H2,1H3,(H,16,18). The van der Waals surface area contributed by atoms with Crippen LogP contribution in [-0.4, -0.2) is 44.1 Å². The van der Waals surface area contributed by atoms with E-state index in [-0.39, 0.29) is 17.1 Å². The van der Waals surface area contributed by atoms with E-state index in [9.17, 15) is 13.2 Å². The molecule has 120 valence electrons. The molecule has 1 saturated heterocycles. The van der Waals surface area contributed by atoms with E-state index >= 15 is 0 Å². The number of hydrogen-bond donors (Lipinski definition) is 1. The summed E-state index contributed by atoms with van der Waals surface area (Å²) in [5.41, 5.74) is 0.953. The number of hydrogen-bond acceptors (Lipinski definition) is 4. The third kappa shape index (κ3) is 3.10. The Kier molecular flexibility index (Phi) is 4.10. The minimum atomic E-state index is -3.13. The molecule has 22 heavy (non-hydrogen) atoms. The topological polar surface area (TPSA) is 75.7 Å². The second-order valence-electron chi connectivity index (χ2n) is 5.83. The summed E-state index contributed by atoms with van der Waals surface area (Å²) in [5, 5.41) is 2.65. The van der Waals surface area contributed by atoms with Crippen molar-refractivity contribution in [2.75, 3.05) is 20.2 Å². The fraction of sp³-hybridized carbons (Fsp3) is 0.533. The van der Waals surface area contributed by atoms with Crippen molar-refractivity contribution in [3.63, 3.8) is 0 Å². The lowest BCUT2D eigenvalue weighted by Gasteiger charge is -2.37. The summed E-state index contributed by atoms with van der Waals surface area (Å²) in [6, 6.07) is 7.49. The Labute approximate surface area is 130 Å². The second kappa shape index (κ2) is 5.89. The lowest BCUT2D eigenvalue weighted by Crippen LogP contribution is -2.56. The summed E-state index contributed by atoms with van der Waals surface area (Å²) in [5.74, 6) is 0.418. The molecule has 3 rings (SSSR count). The number of carbonyl (C=O) groups is 1. The van der Waals surface area contributed by atoms with Gasteiger partial charge in [0, 0.05) is 19.6 Å². The fourth-order valence-electron chi connectivity index (χ4n) is 2.50. The lowest BCUT2D eigenvalue weighted by molar-refractivity contribution is -0.128. The van der Waals surface area contributed by atoms with Crippen LogP contribution in [0.25, 0.3) is 0 Å². The van der Waals surface area contributed by atoms with Crippen molar-refractivity contribution in [3.05, 3.63) is 29.8 Å². The van der Waals surface area contributed by atoms with E-state index in [2.05, 4.69) is 5.32 Å². The Bertz CT molecular complexity index is 664. The van der Waals surface area contributed by atoms with E-state index in [0.717, 1.165) is 24.2 Å². The molecule has 0 radical (unpaired) electrons. The lowest BCUT2D eigenvalue weighted by atomic mass is 10.0. The molecule has 1 aromatic carbocycles. The van der Waals surface area contributed by atoms with Gasteiger partial charge in [-0.15, -0.1) is 0 Å². The van der Waals surface area contributed by atoms with E-state index in [1.54, 1.807) is 7.11 Å². The first kappa shape index (κ1) is 15.3. The Morgan fingerprint density at radius 1 is 1.36 bits per heavy atom. The summed E-state index contributed by atoms with van der Waals surface area (Å²) in [6.07, 6.45) is 1.51. The third-order valence-electron chi connectivity index (χ3n) is 4.13. The number of sulfonamides is 1. The first-order valence-corrected chi connectivity index (χ1v) is 8.90. The molecule has 0 spiro atoms. The largest absolute Gasteiger partial charge is 0.497 e. The molecular weight excluding hydrogens is 304 g/mol.